The van der Waals surface area contributed by atoms with Gasteiger partial charge in [-0.15, -0.1) is 0 Å². The monoisotopic (exact) mass is 291 g/mol. The molecule has 0 amide bonds. The number of rotatable bonds is 6. The Bertz CT molecular complexity index is 483. The van der Waals surface area contributed by atoms with Crippen LogP contribution in [0.1, 0.15) is 37.8 Å². The van der Waals surface area contributed by atoms with Crippen LogP contribution in [0.25, 0.3) is 0 Å². The molecule has 4 heteroatoms. The average molecular weight is 291 g/mol. The fourth-order valence-corrected chi connectivity index (χ4v) is 2.81. The molecule has 2 atom stereocenters. The number of esters is 1. The highest BCUT2D eigenvalue weighted by atomic mass is 16.5. The van der Waals surface area contributed by atoms with Gasteiger partial charge < -0.3 is 9.47 Å². The first kappa shape index (κ1) is 16.0. The van der Waals surface area contributed by atoms with E-state index in [0.717, 1.165) is 30.6 Å². The highest BCUT2D eigenvalue weighted by Crippen LogP contribution is 2.26. The Morgan fingerprint density at radius 2 is 2.24 bits per heavy atom. The number of carbonyl (C=O) groups is 1. The summed E-state index contributed by atoms with van der Waals surface area (Å²) in [7, 11) is 0. The molecule has 1 fully saturated rings. The molecule has 2 unspecified atom stereocenters. The summed E-state index contributed by atoms with van der Waals surface area (Å²) in [4.78, 5) is 12.5. The minimum atomic E-state index is -0.840. The maximum Gasteiger partial charge on any atom is 0.330 e. The second-order valence-electron chi connectivity index (χ2n) is 5.68. The second-order valence-corrected chi connectivity index (χ2v) is 5.68. The van der Waals surface area contributed by atoms with Crippen molar-refractivity contribution in [1.82, 2.24) is 5.32 Å². The number of hydrogen-bond donors (Lipinski definition) is 1. The lowest BCUT2D eigenvalue weighted by atomic mass is 9.88. The fraction of sp³-hybridized carbons (Fsp3) is 0.588. The summed E-state index contributed by atoms with van der Waals surface area (Å²) in [5.74, 6) is -0.239. The van der Waals surface area contributed by atoms with E-state index < -0.39 is 5.54 Å². The molecule has 0 aromatic heterocycles. The van der Waals surface area contributed by atoms with Crippen LogP contribution in [0.3, 0.4) is 0 Å². The summed E-state index contributed by atoms with van der Waals surface area (Å²) < 4.78 is 10.9. The predicted octanol–water partition coefficient (Wildman–Crippen LogP) is 2.54. The third-order valence-electron chi connectivity index (χ3n) is 4.07. The van der Waals surface area contributed by atoms with Gasteiger partial charge in [0.2, 0.25) is 0 Å². The van der Waals surface area contributed by atoms with Crippen LogP contribution in [0, 0.1) is 6.92 Å². The van der Waals surface area contributed by atoms with Gasteiger partial charge in [0.25, 0.3) is 0 Å². The van der Waals surface area contributed by atoms with Crippen LogP contribution < -0.4 is 5.32 Å². The van der Waals surface area contributed by atoms with Gasteiger partial charge in [0.05, 0.1) is 12.7 Å². The number of benzene rings is 1. The van der Waals surface area contributed by atoms with Crippen LogP contribution in [-0.2, 0) is 19.8 Å². The van der Waals surface area contributed by atoms with Gasteiger partial charge in [-0.25, -0.2) is 4.79 Å². The van der Waals surface area contributed by atoms with Gasteiger partial charge in [-0.3, -0.25) is 5.32 Å². The third-order valence-corrected chi connectivity index (χ3v) is 4.07. The number of ether oxygens (including phenoxy) is 2. The summed E-state index contributed by atoms with van der Waals surface area (Å²) in [5, 5.41) is 3.38. The molecule has 1 heterocycles. The molecule has 1 saturated heterocycles. The second kappa shape index (κ2) is 7.05. The summed E-state index contributed by atoms with van der Waals surface area (Å²) in [5.41, 5.74) is 1.20. The summed E-state index contributed by atoms with van der Waals surface area (Å²) in [6.07, 6.45) is 2.31. The first-order valence-electron chi connectivity index (χ1n) is 7.68. The first-order chi connectivity index (χ1) is 10.1. The van der Waals surface area contributed by atoms with E-state index in [4.69, 9.17) is 9.47 Å². The topological polar surface area (TPSA) is 47.6 Å². The summed E-state index contributed by atoms with van der Waals surface area (Å²) in [6.45, 7) is 7.58. The predicted molar refractivity (Wildman–Crippen MR) is 82.1 cm³/mol. The Kier molecular flexibility index (Phi) is 5.37. The Hall–Kier alpha value is -1.39. The van der Waals surface area contributed by atoms with Gasteiger partial charge in [0.1, 0.15) is 5.54 Å². The molecule has 1 aromatic rings. The molecule has 0 aliphatic carbocycles. The first-order valence-corrected chi connectivity index (χ1v) is 7.68. The largest absolute Gasteiger partial charge is 0.464 e. The van der Waals surface area contributed by atoms with Crippen molar-refractivity contribution in [2.75, 3.05) is 19.8 Å². The normalized spacial score (nSPS) is 21.0. The zero-order valence-corrected chi connectivity index (χ0v) is 13.1. The molecule has 4 nitrogen and oxygen atoms in total. The van der Waals surface area contributed by atoms with E-state index in [1.807, 2.05) is 45.0 Å². The Balaban J connectivity index is 2.21. The molecule has 116 valence electrons. The Morgan fingerprint density at radius 1 is 1.48 bits per heavy atom. The van der Waals surface area contributed by atoms with Gasteiger partial charge >= 0.3 is 5.97 Å². The quantitative estimate of drug-likeness (QED) is 0.818. The number of aryl methyl sites for hydroxylation is 1. The van der Waals surface area contributed by atoms with Crippen LogP contribution in [0.15, 0.2) is 24.3 Å². The lowest BCUT2D eigenvalue weighted by Crippen LogP contribution is -2.50. The van der Waals surface area contributed by atoms with Crippen molar-refractivity contribution < 1.29 is 14.3 Å². The lowest BCUT2D eigenvalue weighted by molar-refractivity contribution is -0.151. The summed E-state index contributed by atoms with van der Waals surface area (Å²) in [6, 6.07) is 7.92. The highest BCUT2D eigenvalue weighted by Gasteiger charge is 2.38. The molecule has 1 aliphatic heterocycles. The standard InChI is InChI=1S/C17H25NO3/c1-4-20-16(19)17(3,15-10-6-5-8-13(15)2)18-12-14-9-7-11-21-14/h5-6,8,10,14,18H,4,7,9,11-12H2,1-3H3. The highest BCUT2D eigenvalue weighted by molar-refractivity contribution is 5.82. The van der Waals surface area contributed by atoms with E-state index in [1.165, 1.54) is 0 Å². The van der Waals surface area contributed by atoms with Crippen LogP contribution in [0.2, 0.25) is 0 Å². The molecular formula is C17H25NO3. The van der Waals surface area contributed by atoms with Crippen molar-refractivity contribution in [3.63, 3.8) is 0 Å². The van der Waals surface area contributed by atoms with Gasteiger partial charge in [0.15, 0.2) is 0 Å². The van der Waals surface area contributed by atoms with Crippen LogP contribution in [0.5, 0.6) is 0 Å². The van der Waals surface area contributed by atoms with Crippen molar-refractivity contribution >= 4 is 5.97 Å². The fourth-order valence-electron chi connectivity index (χ4n) is 2.81. The van der Waals surface area contributed by atoms with Crippen LogP contribution in [-0.4, -0.2) is 31.8 Å². The maximum atomic E-state index is 12.5. The van der Waals surface area contributed by atoms with E-state index in [2.05, 4.69) is 5.32 Å². The van der Waals surface area contributed by atoms with Gasteiger partial charge in [-0.05, 0) is 44.7 Å². The van der Waals surface area contributed by atoms with Gasteiger partial charge in [0, 0.05) is 13.2 Å². The van der Waals surface area contributed by atoms with Crippen molar-refractivity contribution in [1.29, 1.82) is 0 Å². The molecule has 0 radical (unpaired) electrons. The zero-order valence-electron chi connectivity index (χ0n) is 13.1. The SMILES string of the molecule is CCOC(=O)C(C)(NCC1CCCO1)c1ccccc1C. The minimum Gasteiger partial charge on any atom is -0.464 e. The minimum absolute atomic E-state index is 0.183. The molecule has 0 saturated carbocycles. The maximum absolute atomic E-state index is 12.5. The van der Waals surface area contributed by atoms with Crippen LogP contribution >= 0.6 is 0 Å². The molecule has 1 aromatic carbocycles. The molecular weight excluding hydrogens is 266 g/mol. The van der Waals surface area contributed by atoms with E-state index in [9.17, 15) is 4.79 Å². The average Bonchev–Trinajstić information content (AvgIpc) is 2.99. The van der Waals surface area contributed by atoms with Crippen molar-refractivity contribution in [3.05, 3.63) is 35.4 Å². The van der Waals surface area contributed by atoms with E-state index >= 15 is 0 Å². The molecule has 1 N–H and O–H groups in total. The number of nitrogens with one attached hydrogen (secondary N) is 1. The lowest BCUT2D eigenvalue weighted by Gasteiger charge is -2.31. The zero-order chi connectivity index (χ0) is 15.3. The van der Waals surface area contributed by atoms with Crippen molar-refractivity contribution in [3.8, 4) is 0 Å². The van der Waals surface area contributed by atoms with E-state index in [-0.39, 0.29) is 12.1 Å². The number of carbonyl (C=O) groups excluding carboxylic acids is 1. The third kappa shape index (κ3) is 3.63. The van der Waals surface area contributed by atoms with E-state index in [1.54, 1.807) is 0 Å². The Labute approximate surface area is 126 Å². The molecule has 1 aliphatic rings. The number of hydrogen-bond acceptors (Lipinski definition) is 4. The summed E-state index contributed by atoms with van der Waals surface area (Å²) >= 11 is 0. The smallest absolute Gasteiger partial charge is 0.330 e. The molecule has 0 spiro atoms. The molecule has 2 rings (SSSR count). The van der Waals surface area contributed by atoms with Crippen molar-refractivity contribution in [2.24, 2.45) is 0 Å². The van der Waals surface area contributed by atoms with Crippen molar-refractivity contribution in [2.45, 2.75) is 45.3 Å². The van der Waals surface area contributed by atoms with Gasteiger partial charge in [-0.2, -0.15) is 0 Å². The Morgan fingerprint density at radius 3 is 2.86 bits per heavy atom. The molecule has 0 bridgehead atoms. The van der Waals surface area contributed by atoms with E-state index in [0.29, 0.717) is 13.2 Å². The molecule has 21 heavy (non-hydrogen) atoms. The van der Waals surface area contributed by atoms with Crippen LogP contribution in [0.4, 0.5) is 0 Å². The van der Waals surface area contributed by atoms with Gasteiger partial charge in [-0.1, -0.05) is 24.3 Å².